The molecular weight excluding hydrogens is 533 g/mol. The Morgan fingerprint density at radius 3 is 2.32 bits per heavy atom. The molecule has 0 radical (unpaired) electrons. The van der Waals surface area contributed by atoms with E-state index in [9.17, 15) is 22.8 Å². The molecule has 31 heavy (non-hydrogen) atoms. The van der Waals surface area contributed by atoms with Gasteiger partial charge in [-0.05, 0) is 77.2 Å². The smallest absolute Gasteiger partial charge is 0.338 e. The quantitative estimate of drug-likeness (QED) is 0.310. The highest BCUT2D eigenvalue weighted by Gasteiger charge is 2.35. The van der Waals surface area contributed by atoms with Gasteiger partial charge in [0.1, 0.15) is 0 Å². The lowest BCUT2D eigenvalue weighted by atomic mass is 10.0. The van der Waals surface area contributed by atoms with E-state index in [-0.39, 0.29) is 26.5 Å². The zero-order valence-electron chi connectivity index (χ0n) is 15.8. The van der Waals surface area contributed by atoms with Crippen LogP contribution in [0.3, 0.4) is 0 Å². The lowest BCUT2D eigenvalue weighted by molar-refractivity contribution is -0.119. The van der Waals surface area contributed by atoms with Crippen LogP contribution in [0.4, 0.5) is 5.69 Å². The topological polar surface area (TPSA) is 107 Å². The zero-order chi connectivity index (χ0) is 22.2. The Morgan fingerprint density at radius 2 is 1.58 bits per heavy atom. The second kappa shape index (κ2) is 8.23. The van der Waals surface area contributed by atoms with E-state index in [1.54, 1.807) is 18.2 Å². The molecule has 7 nitrogen and oxygen atoms in total. The second-order valence-corrected chi connectivity index (χ2v) is 9.80. The molecule has 156 valence electrons. The van der Waals surface area contributed by atoms with Crippen molar-refractivity contribution in [3.8, 4) is 0 Å². The molecule has 3 aromatic rings. The third kappa shape index (κ3) is 4.10. The molecule has 0 saturated heterocycles. The molecule has 1 heterocycles. The summed E-state index contributed by atoms with van der Waals surface area (Å²) < 4.78 is 31.9. The fraction of sp³-hybridized carbons (Fsp3) is 0.0455. The van der Waals surface area contributed by atoms with Crippen LogP contribution in [0.5, 0.6) is 0 Å². The summed E-state index contributed by atoms with van der Waals surface area (Å²) in [5.74, 6) is -1.84. The molecule has 0 bridgehead atoms. The minimum Gasteiger partial charge on any atom is -0.452 e. The Labute approximate surface area is 191 Å². The zero-order valence-corrected chi connectivity index (χ0v) is 18.8. The van der Waals surface area contributed by atoms with E-state index in [2.05, 4.69) is 27.9 Å². The number of carbonyl (C=O) groups is 3. The van der Waals surface area contributed by atoms with E-state index >= 15 is 0 Å². The van der Waals surface area contributed by atoms with Crippen molar-refractivity contribution in [1.82, 2.24) is 0 Å². The molecule has 0 unspecified atom stereocenters. The molecule has 0 spiro atoms. The molecule has 0 saturated carbocycles. The number of rotatable bonds is 4. The number of carbonyl (C=O) groups excluding carboxylic acids is 3. The second-order valence-electron chi connectivity index (χ2n) is 6.67. The van der Waals surface area contributed by atoms with Crippen molar-refractivity contribution in [2.45, 2.75) is 9.79 Å². The summed E-state index contributed by atoms with van der Waals surface area (Å²) in [6.45, 7) is -0.545. The summed E-state index contributed by atoms with van der Waals surface area (Å²) in [4.78, 5) is 36.7. The summed E-state index contributed by atoms with van der Waals surface area (Å²) in [6, 6.07) is 16.7. The first-order valence-electron chi connectivity index (χ1n) is 9.03. The number of hydrogen-bond donors (Lipinski definition) is 1. The van der Waals surface area contributed by atoms with Crippen molar-refractivity contribution in [2.24, 2.45) is 0 Å². The van der Waals surface area contributed by atoms with Crippen LogP contribution in [0.2, 0.25) is 0 Å². The number of halogens is 1. The van der Waals surface area contributed by atoms with Crippen molar-refractivity contribution < 1.29 is 27.5 Å². The Bertz CT molecular complexity index is 1330. The molecule has 4 rings (SSSR count). The average molecular weight is 547 g/mol. The van der Waals surface area contributed by atoms with Crippen LogP contribution in [-0.2, 0) is 19.4 Å². The van der Waals surface area contributed by atoms with Crippen LogP contribution in [0.15, 0.2) is 76.5 Å². The Hall–Kier alpha value is -3.05. The van der Waals surface area contributed by atoms with Crippen molar-refractivity contribution in [3.63, 3.8) is 0 Å². The third-order valence-electron chi connectivity index (χ3n) is 4.63. The van der Waals surface area contributed by atoms with Gasteiger partial charge in [-0.15, -0.1) is 0 Å². The van der Waals surface area contributed by atoms with E-state index in [1.165, 1.54) is 30.3 Å². The summed E-state index contributed by atoms with van der Waals surface area (Å²) in [5, 5.41) is 2.60. The van der Waals surface area contributed by atoms with E-state index in [0.29, 0.717) is 5.69 Å². The number of ether oxygens (including phenoxy) is 1. The number of benzene rings is 3. The molecule has 3 aromatic carbocycles. The van der Waals surface area contributed by atoms with Gasteiger partial charge >= 0.3 is 5.97 Å². The number of anilines is 1. The Balaban J connectivity index is 1.52. The number of hydrogen-bond acceptors (Lipinski definition) is 6. The third-order valence-corrected chi connectivity index (χ3v) is 7.21. The molecule has 0 atom stereocenters. The molecule has 1 N–H and O–H groups in total. The predicted molar refractivity (Wildman–Crippen MR) is 120 cm³/mol. The molecule has 9 heteroatoms. The van der Waals surface area contributed by atoms with Gasteiger partial charge < -0.3 is 10.1 Å². The van der Waals surface area contributed by atoms with Crippen LogP contribution in [-0.4, -0.2) is 32.7 Å². The van der Waals surface area contributed by atoms with E-state index < -0.39 is 34.1 Å². The van der Waals surface area contributed by atoms with Gasteiger partial charge in [-0.1, -0.05) is 12.1 Å². The van der Waals surface area contributed by atoms with Crippen LogP contribution in [0, 0.1) is 3.57 Å². The predicted octanol–water partition coefficient (Wildman–Crippen LogP) is 3.46. The molecule has 1 amide bonds. The first-order valence-corrected chi connectivity index (χ1v) is 11.6. The van der Waals surface area contributed by atoms with Crippen LogP contribution < -0.4 is 5.32 Å². The van der Waals surface area contributed by atoms with Crippen LogP contribution >= 0.6 is 22.6 Å². The summed E-state index contributed by atoms with van der Waals surface area (Å²) in [6.07, 6.45) is 0. The first-order chi connectivity index (χ1) is 14.8. The monoisotopic (exact) mass is 547 g/mol. The van der Waals surface area contributed by atoms with Gasteiger partial charge in [0.2, 0.25) is 9.84 Å². The standard InChI is InChI=1S/C22H14INO6S/c23-14-6-8-15(9-7-14)24-20(25)12-30-22(27)13-5-10-17-19(11-13)31(28,29)18-4-2-1-3-16(18)21(17)26/h1-11H,12H2,(H,24,25). The van der Waals surface area contributed by atoms with Crippen molar-refractivity contribution in [1.29, 1.82) is 0 Å². The van der Waals surface area contributed by atoms with E-state index in [4.69, 9.17) is 4.74 Å². The number of sulfone groups is 1. The van der Waals surface area contributed by atoms with Gasteiger partial charge in [-0.2, -0.15) is 0 Å². The van der Waals surface area contributed by atoms with Gasteiger partial charge in [0.25, 0.3) is 5.91 Å². The lowest BCUT2D eigenvalue weighted by Crippen LogP contribution is -2.22. The Kier molecular flexibility index (Phi) is 5.63. The molecule has 0 aliphatic carbocycles. The van der Waals surface area contributed by atoms with Crippen LogP contribution in [0.1, 0.15) is 26.3 Å². The molecule has 1 aliphatic rings. The lowest BCUT2D eigenvalue weighted by Gasteiger charge is -2.19. The number of esters is 1. The fourth-order valence-corrected chi connectivity index (χ4v) is 5.19. The highest BCUT2D eigenvalue weighted by atomic mass is 127. The number of ketones is 1. The SMILES string of the molecule is O=C(COC(=O)c1ccc2c(c1)S(=O)(=O)c1ccccc1C2=O)Nc1ccc(I)cc1. The van der Waals surface area contributed by atoms with Gasteiger partial charge in [-0.3, -0.25) is 9.59 Å². The maximum absolute atomic E-state index is 12.9. The Morgan fingerprint density at radius 1 is 0.903 bits per heavy atom. The highest BCUT2D eigenvalue weighted by Crippen LogP contribution is 2.34. The number of nitrogens with one attached hydrogen (secondary N) is 1. The largest absolute Gasteiger partial charge is 0.452 e. The van der Waals surface area contributed by atoms with Gasteiger partial charge in [0, 0.05) is 20.4 Å². The average Bonchev–Trinajstić information content (AvgIpc) is 2.77. The highest BCUT2D eigenvalue weighted by molar-refractivity contribution is 14.1. The molecule has 0 aromatic heterocycles. The maximum Gasteiger partial charge on any atom is 0.338 e. The number of fused-ring (bicyclic) bond motifs is 2. The molecular formula is C22H14INO6S. The first kappa shape index (κ1) is 21.2. The van der Waals surface area contributed by atoms with Crippen molar-refractivity contribution in [3.05, 3.63) is 87.0 Å². The fourth-order valence-electron chi connectivity index (χ4n) is 3.16. The number of amides is 1. The molecule has 0 fully saturated rings. The maximum atomic E-state index is 12.9. The van der Waals surface area contributed by atoms with Gasteiger partial charge in [0.15, 0.2) is 12.4 Å². The van der Waals surface area contributed by atoms with Crippen molar-refractivity contribution >= 4 is 55.8 Å². The van der Waals surface area contributed by atoms with E-state index in [1.807, 2.05) is 12.1 Å². The minimum atomic E-state index is -3.97. The summed E-state index contributed by atoms with van der Waals surface area (Å²) in [5.41, 5.74) is 0.569. The summed E-state index contributed by atoms with van der Waals surface area (Å²) >= 11 is 2.13. The normalized spacial score (nSPS) is 13.6. The van der Waals surface area contributed by atoms with Crippen LogP contribution in [0.25, 0.3) is 0 Å². The van der Waals surface area contributed by atoms with Gasteiger partial charge in [0.05, 0.1) is 15.4 Å². The summed E-state index contributed by atoms with van der Waals surface area (Å²) in [7, 11) is -3.97. The van der Waals surface area contributed by atoms with E-state index in [0.717, 1.165) is 9.64 Å². The molecule has 1 aliphatic heterocycles. The van der Waals surface area contributed by atoms with Gasteiger partial charge in [-0.25, -0.2) is 13.2 Å². The minimum absolute atomic E-state index is 0.00768. The van der Waals surface area contributed by atoms with Crippen molar-refractivity contribution in [2.75, 3.05) is 11.9 Å².